The molecule has 2 aromatic heterocycles. The van der Waals surface area contributed by atoms with E-state index in [9.17, 15) is 13.2 Å². The van der Waals surface area contributed by atoms with Gasteiger partial charge in [0.15, 0.2) is 0 Å². The highest BCUT2D eigenvalue weighted by atomic mass is 79.9. The van der Waals surface area contributed by atoms with Crippen LogP contribution in [0.3, 0.4) is 0 Å². The van der Waals surface area contributed by atoms with Crippen LogP contribution < -0.4 is 5.73 Å². The van der Waals surface area contributed by atoms with Crippen LogP contribution in [0, 0.1) is 0 Å². The number of rotatable bonds is 2. The predicted molar refractivity (Wildman–Crippen MR) is 80.1 cm³/mol. The van der Waals surface area contributed by atoms with E-state index in [1.165, 1.54) is 0 Å². The molecule has 3 aromatic rings. The Bertz CT molecular complexity index is 846. The molecule has 9 heteroatoms. The second-order valence-corrected chi connectivity index (χ2v) is 5.46. The van der Waals surface area contributed by atoms with E-state index in [0.29, 0.717) is 5.56 Å². The lowest BCUT2D eigenvalue weighted by Gasteiger charge is -2.07. The Morgan fingerprint density at radius 3 is 2.22 bits per heavy atom. The summed E-state index contributed by atoms with van der Waals surface area (Å²) in [6.45, 7) is 0. The number of alkyl halides is 3. The van der Waals surface area contributed by atoms with Gasteiger partial charge in [-0.25, -0.2) is 4.98 Å². The maximum absolute atomic E-state index is 12.6. The fraction of sp³-hybridized carbons (Fsp3) is 0.0714. The van der Waals surface area contributed by atoms with Gasteiger partial charge >= 0.3 is 6.18 Å². The summed E-state index contributed by atoms with van der Waals surface area (Å²) >= 11 is 3.31. The smallest absolute Gasteiger partial charge is 0.416 e. The highest BCUT2D eigenvalue weighted by Gasteiger charge is 2.33. The Morgan fingerprint density at radius 2 is 1.61 bits per heavy atom. The molecule has 5 nitrogen and oxygen atoms in total. The number of pyridine rings is 1. The van der Waals surface area contributed by atoms with Gasteiger partial charge in [0.25, 0.3) is 5.89 Å². The molecule has 0 saturated heterocycles. The predicted octanol–water partition coefficient (Wildman–Crippen LogP) is 4.16. The number of aromatic nitrogens is 3. The van der Waals surface area contributed by atoms with E-state index < -0.39 is 11.9 Å². The Balaban J connectivity index is 1.96. The van der Waals surface area contributed by atoms with Crippen molar-refractivity contribution in [3.05, 3.63) is 46.6 Å². The zero-order chi connectivity index (χ0) is 16.6. The summed E-state index contributed by atoms with van der Waals surface area (Å²) in [6, 6.07) is 9.09. The van der Waals surface area contributed by atoms with E-state index in [4.69, 9.17) is 10.2 Å². The van der Waals surface area contributed by atoms with Crippen molar-refractivity contribution in [1.29, 1.82) is 0 Å². The third-order valence-electron chi connectivity index (χ3n) is 2.96. The van der Waals surface area contributed by atoms with Crippen molar-refractivity contribution in [1.82, 2.24) is 15.2 Å². The Hall–Kier alpha value is -2.42. The quantitative estimate of drug-likeness (QED) is 0.717. The van der Waals surface area contributed by atoms with Gasteiger partial charge in [0.2, 0.25) is 5.89 Å². The highest BCUT2D eigenvalue weighted by molar-refractivity contribution is 9.10. The van der Waals surface area contributed by atoms with Gasteiger partial charge in [0.1, 0.15) is 11.5 Å². The first-order valence-electron chi connectivity index (χ1n) is 6.28. The molecule has 0 bridgehead atoms. The molecule has 118 valence electrons. The molecule has 0 amide bonds. The van der Waals surface area contributed by atoms with Crippen LogP contribution in [0.5, 0.6) is 0 Å². The van der Waals surface area contributed by atoms with E-state index in [-0.39, 0.29) is 23.2 Å². The summed E-state index contributed by atoms with van der Waals surface area (Å²) in [4.78, 5) is 3.33. The molecule has 23 heavy (non-hydrogen) atoms. The fourth-order valence-corrected chi connectivity index (χ4v) is 2.12. The van der Waals surface area contributed by atoms with Crippen LogP contribution in [0.4, 0.5) is 19.0 Å². The van der Waals surface area contributed by atoms with Crippen molar-refractivity contribution in [2.75, 3.05) is 5.73 Å². The van der Waals surface area contributed by atoms with Crippen molar-refractivity contribution < 1.29 is 17.6 Å². The average Bonchev–Trinajstić information content (AvgIpc) is 2.96. The number of hydrogen-bond acceptors (Lipinski definition) is 5. The second kappa shape index (κ2) is 5.65. The Morgan fingerprint density at radius 1 is 0.957 bits per heavy atom. The molecule has 2 N–H and O–H groups in total. The van der Waals surface area contributed by atoms with Gasteiger partial charge in [-0.05, 0) is 36.4 Å². The zero-order valence-corrected chi connectivity index (χ0v) is 12.9. The molecule has 1 aromatic carbocycles. The number of benzene rings is 1. The SMILES string of the molecule is Nc1nc(C(F)(F)F)ccc1-c1nnc(-c2ccc(Br)cc2)o1. The lowest BCUT2D eigenvalue weighted by Crippen LogP contribution is -2.09. The van der Waals surface area contributed by atoms with Crippen LogP contribution in [0.1, 0.15) is 5.69 Å². The number of anilines is 1. The summed E-state index contributed by atoms with van der Waals surface area (Å²) in [6.07, 6.45) is -4.57. The van der Waals surface area contributed by atoms with Crippen LogP contribution in [-0.4, -0.2) is 15.2 Å². The van der Waals surface area contributed by atoms with Crippen LogP contribution in [0.15, 0.2) is 45.3 Å². The van der Waals surface area contributed by atoms with E-state index in [2.05, 4.69) is 31.1 Å². The molecule has 0 aliphatic carbocycles. The van der Waals surface area contributed by atoms with Crippen molar-refractivity contribution in [3.63, 3.8) is 0 Å². The monoisotopic (exact) mass is 384 g/mol. The average molecular weight is 385 g/mol. The number of nitrogen functional groups attached to an aromatic ring is 1. The molecule has 0 atom stereocenters. The van der Waals surface area contributed by atoms with Crippen LogP contribution in [-0.2, 0) is 6.18 Å². The molecular weight excluding hydrogens is 377 g/mol. The topological polar surface area (TPSA) is 77.8 Å². The maximum atomic E-state index is 12.6. The molecule has 0 spiro atoms. The molecule has 0 unspecified atom stereocenters. The second-order valence-electron chi connectivity index (χ2n) is 4.55. The summed E-state index contributed by atoms with van der Waals surface area (Å²) < 4.78 is 44.1. The van der Waals surface area contributed by atoms with Crippen molar-refractivity contribution in [3.8, 4) is 22.9 Å². The minimum atomic E-state index is -4.57. The first-order valence-corrected chi connectivity index (χ1v) is 7.07. The normalized spacial score (nSPS) is 11.7. The standard InChI is InChI=1S/C14H8BrF3N4O/c15-8-3-1-7(2-4-8)12-21-22-13(23-12)9-5-6-10(14(16,17)18)20-11(9)19/h1-6H,(H2,19,20). The van der Waals surface area contributed by atoms with Gasteiger partial charge in [-0.1, -0.05) is 15.9 Å². The molecule has 2 heterocycles. The molecular formula is C14H8BrF3N4O. The summed E-state index contributed by atoms with van der Waals surface area (Å²) in [5.41, 5.74) is 5.31. The molecule has 0 radical (unpaired) electrons. The third-order valence-corrected chi connectivity index (χ3v) is 3.49. The van der Waals surface area contributed by atoms with Gasteiger partial charge < -0.3 is 10.2 Å². The first-order chi connectivity index (χ1) is 10.8. The highest BCUT2D eigenvalue weighted by Crippen LogP contribution is 2.32. The lowest BCUT2D eigenvalue weighted by molar-refractivity contribution is -0.141. The molecule has 0 aliphatic rings. The number of hydrogen-bond donors (Lipinski definition) is 1. The number of nitrogens with zero attached hydrogens (tertiary/aromatic N) is 3. The molecule has 3 rings (SSSR count). The van der Waals surface area contributed by atoms with Crippen LogP contribution in [0.25, 0.3) is 22.9 Å². The molecule has 0 fully saturated rings. The van der Waals surface area contributed by atoms with Gasteiger partial charge in [0.05, 0.1) is 5.56 Å². The number of halogens is 4. The summed E-state index contributed by atoms with van der Waals surface area (Å²) in [5, 5.41) is 7.68. The van der Waals surface area contributed by atoms with Crippen LogP contribution in [0.2, 0.25) is 0 Å². The molecule has 0 saturated carbocycles. The van der Waals surface area contributed by atoms with Gasteiger partial charge in [-0.2, -0.15) is 13.2 Å². The minimum absolute atomic E-state index is 0.00152. The van der Waals surface area contributed by atoms with E-state index in [1.54, 1.807) is 24.3 Å². The summed E-state index contributed by atoms with van der Waals surface area (Å²) in [7, 11) is 0. The van der Waals surface area contributed by atoms with Crippen LogP contribution >= 0.6 is 15.9 Å². The fourth-order valence-electron chi connectivity index (χ4n) is 1.85. The largest absolute Gasteiger partial charge is 0.433 e. The molecule has 0 aliphatic heterocycles. The first kappa shape index (κ1) is 15.5. The Kier molecular flexibility index (Phi) is 3.80. The van der Waals surface area contributed by atoms with E-state index in [0.717, 1.165) is 16.6 Å². The van der Waals surface area contributed by atoms with E-state index >= 15 is 0 Å². The van der Waals surface area contributed by atoms with Crippen molar-refractivity contribution in [2.45, 2.75) is 6.18 Å². The number of nitrogens with two attached hydrogens (primary N) is 1. The maximum Gasteiger partial charge on any atom is 0.433 e. The van der Waals surface area contributed by atoms with Gasteiger partial charge in [-0.15, -0.1) is 10.2 Å². The van der Waals surface area contributed by atoms with Crippen molar-refractivity contribution in [2.24, 2.45) is 0 Å². The van der Waals surface area contributed by atoms with Gasteiger partial charge in [-0.3, -0.25) is 0 Å². The Labute approximate surface area is 136 Å². The minimum Gasteiger partial charge on any atom is -0.416 e. The van der Waals surface area contributed by atoms with Gasteiger partial charge in [0, 0.05) is 10.0 Å². The summed E-state index contributed by atoms with van der Waals surface area (Å²) in [5.74, 6) is -0.0979. The van der Waals surface area contributed by atoms with Crippen molar-refractivity contribution >= 4 is 21.7 Å². The van der Waals surface area contributed by atoms with E-state index in [1.807, 2.05) is 0 Å². The lowest BCUT2D eigenvalue weighted by atomic mass is 10.2. The zero-order valence-electron chi connectivity index (χ0n) is 11.3. The third kappa shape index (κ3) is 3.19.